The number of methoxy groups -OCH3 is 1. The van der Waals surface area contributed by atoms with E-state index in [1.54, 1.807) is 32.4 Å². The zero-order valence-electron chi connectivity index (χ0n) is 18.7. The Balaban J connectivity index is 1.72. The highest BCUT2D eigenvalue weighted by Crippen LogP contribution is 2.34. The molecule has 33 heavy (non-hydrogen) atoms. The number of fused-ring (bicyclic) bond motifs is 3. The van der Waals surface area contributed by atoms with Crippen LogP contribution in [0.2, 0.25) is 0 Å². The summed E-state index contributed by atoms with van der Waals surface area (Å²) in [6.45, 7) is 3.23. The van der Waals surface area contributed by atoms with Gasteiger partial charge in [0.15, 0.2) is 11.2 Å². The van der Waals surface area contributed by atoms with Crippen molar-refractivity contribution in [3.8, 4) is 5.75 Å². The van der Waals surface area contributed by atoms with Gasteiger partial charge in [-0.3, -0.25) is 13.9 Å². The van der Waals surface area contributed by atoms with E-state index in [2.05, 4.69) is 6.92 Å². The Hall–Kier alpha value is -3.88. The highest BCUT2D eigenvalue weighted by Gasteiger charge is 2.30. The van der Waals surface area contributed by atoms with Gasteiger partial charge in [-0.25, -0.2) is 9.18 Å². The fourth-order valence-electron chi connectivity index (χ4n) is 4.44. The van der Waals surface area contributed by atoms with E-state index in [0.717, 1.165) is 10.3 Å². The summed E-state index contributed by atoms with van der Waals surface area (Å²) in [6.07, 6.45) is 0. The molecule has 170 valence electrons. The zero-order valence-corrected chi connectivity index (χ0v) is 18.7. The lowest BCUT2D eigenvalue weighted by Crippen LogP contribution is -2.40. The van der Waals surface area contributed by atoms with Crippen LogP contribution in [0.1, 0.15) is 12.5 Å². The predicted octanol–water partition coefficient (Wildman–Crippen LogP) is 2.88. The molecule has 0 saturated carbocycles. The normalized spacial score (nSPS) is 15.6. The average Bonchev–Trinajstić information content (AvgIpc) is 3.20. The van der Waals surface area contributed by atoms with Crippen LogP contribution in [0.15, 0.2) is 58.1 Å². The second-order valence-electron chi connectivity index (χ2n) is 8.44. The SMILES string of the molecule is COc1cccc(N2C[C@@H](C)Cn3c2nc2c3c(=O)n(Cc3ccccc3F)c(=O)n2C)c1. The molecule has 0 bridgehead atoms. The molecule has 8 nitrogen and oxygen atoms in total. The first kappa shape index (κ1) is 21.0. The molecule has 0 amide bonds. The summed E-state index contributed by atoms with van der Waals surface area (Å²) >= 11 is 0. The third kappa shape index (κ3) is 3.40. The molecule has 2 aromatic carbocycles. The number of hydrogen-bond acceptors (Lipinski definition) is 5. The second-order valence-corrected chi connectivity index (χ2v) is 8.44. The standard InChI is InChI=1S/C24H24FN5O3/c1-15-12-28(17-8-6-9-18(11-17)33-3)23-26-21-20(29(23)13-15)22(31)30(24(32)27(21)2)14-16-7-4-5-10-19(16)25/h4-11,15H,12-14H2,1-3H3/t15-/m1/s1. The van der Waals surface area contributed by atoms with E-state index in [-0.39, 0.29) is 18.0 Å². The molecule has 0 N–H and O–H groups in total. The van der Waals surface area contributed by atoms with Crippen molar-refractivity contribution in [2.45, 2.75) is 20.0 Å². The predicted molar refractivity (Wildman–Crippen MR) is 124 cm³/mol. The molecular weight excluding hydrogens is 425 g/mol. The van der Waals surface area contributed by atoms with Gasteiger partial charge in [0.1, 0.15) is 11.6 Å². The molecule has 9 heteroatoms. The van der Waals surface area contributed by atoms with Crippen LogP contribution >= 0.6 is 0 Å². The fraction of sp³-hybridized carbons (Fsp3) is 0.292. The Morgan fingerprint density at radius 2 is 1.91 bits per heavy atom. The Morgan fingerprint density at radius 1 is 1.12 bits per heavy atom. The number of rotatable bonds is 4. The molecule has 1 aliphatic heterocycles. The molecule has 1 atom stereocenters. The van der Waals surface area contributed by atoms with Crippen LogP contribution in [-0.4, -0.2) is 32.3 Å². The van der Waals surface area contributed by atoms with E-state index in [4.69, 9.17) is 9.72 Å². The molecule has 4 aromatic rings. The van der Waals surface area contributed by atoms with E-state index in [1.807, 2.05) is 33.7 Å². The van der Waals surface area contributed by atoms with Gasteiger partial charge in [-0.2, -0.15) is 4.98 Å². The molecule has 0 spiro atoms. The van der Waals surface area contributed by atoms with E-state index in [9.17, 15) is 14.0 Å². The van der Waals surface area contributed by atoms with Crippen LogP contribution in [-0.2, 0) is 20.1 Å². The monoisotopic (exact) mass is 449 g/mol. The molecule has 5 rings (SSSR count). The lowest BCUT2D eigenvalue weighted by atomic mass is 10.1. The van der Waals surface area contributed by atoms with Gasteiger partial charge in [0.2, 0.25) is 5.95 Å². The Bertz CT molecular complexity index is 1490. The van der Waals surface area contributed by atoms with Crippen LogP contribution in [0.3, 0.4) is 0 Å². The second kappa shape index (κ2) is 7.91. The zero-order chi connectivity index (χ0) is 23.3. The van der Waals surface area contributed by atoms with Gasteiger partial charge in [-0.15, -0.1) is 0 Å². The van der Waals surface area contributed by atoms with Crippen molar-refractivity contribution in [2.24, 2.45) is 13.0 Å². The van der Waals surface area contributed by atoms with Crippen LogP contribution < -0.4 is 20.9 Å². The van der Waals surface area contributed by atoms with Crippen LogP contribution in [0.25, 0.3) is 11.2 Å². The number of halogens is 1. The summed E-state index contributed by atoms with van der Waals surface area (Å²) < 4.78 is 23.9. The number of hydrogen-bond donors (Lipinski definition) is 0. The summed E-state index contributed by atoms with van der Waals surface area (Å²) in [5.41, 5.74) is 0.798. The van der Waals surface area contributed by atoms with Gasteiger partial charge < -0.3 is 14.2 Å². The minimum absolute atomic E-state index is 0.149. The van der Waals surface area contributed by atoms with Crippen molar-refractivity contribution in [1.29, 1.82) is 0 Å². The molecule has 3 heterocycles. The third-order valence-electron chi connectivity index (χ3n) is 6.09. The van der Waals surface area contributed by atoms with Crippen molar-refractivity contribution in [1.82, 2.24) is 18.7 Å². The maximum absolute atomic E-state index is 14.3. The summed E-state index contributed by atoms with van der Waals surface area (Å²) in [4.78, 5) is 33.3. The summed E-state index contributed by atoms with van der Waals surface area (Å²) in [5.74, 6) is 1.07. The maximum Gasteiger partial charge on any atom is 0.332 e. The van der Waals surface area contributed by atoms with Gasteiger partial charge in [-0.1, -0.05) is 31.2 Å². The van der Waals surface area contributed by atoms with Crippen molar-refractivity contribution in [3.63, 3.8) is 0 Å². The molecule has 1 aliphatic rings. The van der Waals surface area contributed by atoms with E-state index >= 15 is 0 Å². The summed E-state index contributed by atoms with van der Waals surface area (Å²) in [5, 5.41) is 0. The number of ether oxygens (including phenoxy) is 1. The van der Waals surface area contributed by atoms with E-state index in [1.165, 1.54) is 10.6 Å². The van der Waals surface area contributed by atoms with Crippen LogP contribution in [0.5, 0.6) is 5.75 Å². The Morgan fingerprint density at radius 3 is 2.67 bits per heavy atom. The minimum atomic E-state index is -0.535. The van der Waals surface area contributed by atoms with Crippen LogP contribution in [0.4, 0.5) is 16.0 Å². The smallest absolute Gasteiger partial charge is 0.332 e. The number of aromatic nitrogens is 4. The maximum atomic E-state index is 14.3. The van der Waals surface area contributed by atoms with Crippen molar-refractivity contribution < 1.29 is 9.13 Å². The van der Waals surface area contributed by atoms with Crippen molar-refractivity contribution >= 4 is 22.8 Å². The highest BCUT2D eigenvalue weighted by molar-refractivity contribution is 5.77. The molecule has 0 aliphatic carbocycles. The summed E-state index contributed by atoms with van der Waals surface area (Å²) in [6, 6.07) is 13.8. The van der Waals surface area contributed by atoms with E-state index < -0.39 is 17.1 Å². The first-order chi connectivity index (χ1) is 15.9. The number of aryl methyl sites for hydroxylation is 1. The van der Waals surface area contributed by atoms with Crippen molar-refractivity contribution in [3.05, 3.63) is 80.7 Å². The minimum Gasteiger partial charge on any atom is -0.497 e. The molecule has 0 fully saturated rings. The first-order valence-electron chi connectivity index (χ1n) is 10.7. The average molecular weight is 449 g/mol. The summed E-state index contributed by atoms with van der Waals surface area (Å²) in [7, 11) is 3.20. The van der Waals surface area contributed by atoms with Crippen molar-refractivity contribution in [2.75, 3.05) is 18.6 Å². The van der Waals surface area contributed by atoms with Gasteiger partial charge in [0, 0.05) is 37.5 Å². The van der Waals surface area contributed by atoms with Gasteiger partial charge >= 0.3 is 5.69 Å². The third-order valence-corrected chi connectivity index (χ3v) is 6.09. The lowest BCUT2D eigenvalue weighted by molar-refractivity contribution is 0.414. The van der Waals surface area contributed by atoms with Gasteiger partial charge in [0.25, 0.3) is 5.56 Å². The van der Waals surface area contributed by atoms with Gasteiger partial charge in [0.05, 0.1) is 13.7 Å². The number of imidazole rings is 1. The number of benzene rings is 2. The van der Waals surface area contributed by atoms with Crippen LogP contribution in [0, 0.1) is 11.7 Å². The van der Waals surface area contributed by atoms with E-state index in [0.29, 0.717) is 36.0 Å². The first-order valence-corrected chi connectivity index (χ1v) is 10.7. The largest absolute Gasteiger partial charge is 0.497 e. The molecular formula is C24H24FN5O3. The fourth-order valence-corrected chi connectivity index (χ4v) is 4.44. The Kier molecular flexibility index (Phi) is 5.03. The molecule has 0 unspecified atom stereocenters. The highest BCUT2D eigenvalue weighted by atomic mass is 19.1. The molecule has 0 saturated heterocycles. The topological polar surface area (TPSA) is 74.3 Å². The lowest BCUT2D eigenvalue weighted by Gasteiger charge is -2.33. The quantitative estimate of drug-likeness (QED) is 0.479. The number of nitrogens with zero attached hydrogens (tertiary/aromatic N) is 5. The molecule has 0 radical (unpaired) electrons. The Labute approximate surface area is 189 Å². The number of anilines is 2. The molecule has 2 aromatic heterocycles. The van der Waals surface area contributed by atoms with Gasteiger partial charge in [-0.05, 0) is 24.1 Å².